The number of ether oxygens (including phenoxy) is 1. The summed E-state index contributed by atoms with van der Waals surface area (Å²) < 4.78 is 5.84. The number of anilines is 1. The minimum absolute atomic E-state index is 0.00314. The maximum absolute atomic E-state index is 12.2. The maximum atomic E-state index is 12.2. The molecule has 2 aromatic rings. The van der Waals surface area contributed by atoms with E-state index in [2.05, 4.69) is 10.6 Å². The van der Waals surface area contributed by atoms with Gasteiger partial charge in [-0.3, -0.25) is 4.79 Å². The minimum Gasteiger partial charge on any atom is -0.455 e. The van der Waals surface area contributed by atoms with E-state index in [0.29, 0.717) is 11.4 Å². The number of hydrogen-bond donors (Lipinski definition) is 2. The smallest absolute Gasteiger partial charge is 0.241 e. The van der Waals surface area contributed by atoms with Crippen molar-refractivity contribution in [2.45, 2.75) is 18.9 Å². The topological polar surface area (TPSA) is 50.4 Å². The van der Waals surface area contributed by atoms with Gasteiger partial charge in [-0.1, -0.05) is 30.3 Å². The Morgan fingerprint density at radius 2 is 1.86 bits per heavy atom. The summed E-state index contributed by atoms with van der Waals surface area (Å²) in [6.07, 6.45) is 1.92. The van der Waals surface area contributed by atoms with Crippen molar-refractivity contribution in [3.8, 4) is 11.5 Å². The van der Waals surface area contributed by atoms with Crippen molar-refractivity contribution < 1.29 is 9.53 Å². The third-order valence-electron chi connectivity index (χ3n) is 3.49. The highest BCUT2D eigenvalue weighted by molar-refractivity contribution is 5.96. The molecule has 0 aliphatic carbocycles. The first-order chi connectivity index (χ1) is 10.3. The van der Waals surface area contributed by atoms with Crippen LogP contribution >= 0.6 is 0 Å². The Hall–Kier alpha value is -2.33. The van der Waals surface area contributed by atoms with E-state index in [0.717, 1.165) is 25.1 Å². The first kappa shape index (κ1) is 13.6. The van der Waals surface area contributed by atoms with E-state index in [1.807, 2.05) is 54.6 Å². The molecule has 0 saturated carbocycles. The molecular formula is C17H18N2O2. The van der Waals surface area contributed by atoms with Crippen LogP contribution in [0.1, 0.15) is 12.8 Å². The lowest BCUT2D eigenvalue weighted by molar-refractivity contribution is -0.117. The largest absolute Gasteiger partial charge is 0.455 e. The molecule has 1 atom stereocenters. The molecule has 0 bridgehead atoms. The van der Waals surface area contributed by atoms with Crippen molar-refractivity contribution in [2.24, 2.45) is 0 Å². The Kier molecular flexibility index (Phi) is 4.17. The highest BCUT2D eigenvalue weighted by Gasteiger charge is 2.22. The van der Waals surface area contributed by atoms with E-state index < -0.39 is 0 Å². The minimum atomic E-state index is -0.102. The quantitative estimate of drug-likeness (QED) is 0.905. The van der Waals surface area contributed by atoms with Crippen LogP contribution in [0, 0.1) is 0 Å². The standard InChI is InChI=1S/C17H18N2O2/c20-17(15-10-6-12-18-15)19-14-9-4-5-11-16(14)21-13-7-2-1-3-8-13/h1-5,7-9,11,15,18H,6,10,12H2,(H,19,20). The molecule has 108 valence electrons. The van der Waals surface area contributed by atoms with Crippen molar-refractivity contribution in [1.29, 1.82) is 0 Å². The number of benzene rings is 2. The summed E-state index contributed by atoms with van der Waals surface area (Å²) in [7, 11) is 0. The Balaban J connectivity index is 1.74. The van der Waals surface area contributed by atoms with Gasteiger partial charge in [-0.2, -0.15) is 0 Å². The van der Waals surface area contributed by atoms with Gasteiger partial charge < -0.3 is 15.4 Å². The fourth-order valence-electron chi connectivity index (χ4n) is 2.40. The van der Waals surface area contributed by atoms with Gasteiger partial charge >= 0.3 is 0 Å². The van der Waals surface area contributed by atoms with Crippen LogP contribution in [0.5, 0.6) is 11.5 Å². The number of nitrogens with one attached hydrogen (secondary N) is 2. The molecule has 1 saturated heterocycles. The lowest BCUT2D eigenvalue weighted by Gasteiger charge is -2.14. The molecule has 3 rings (SSSR count). The van der Waals surface area contributed by atoms with E-state index >= 15 is 0 Å². The van der Waals surface area contributed by atoms with Crippen LogP contribution in [0.4, 0.5) is 5.69 Å². The lowest BCUT2D eigenvalue weighted by Crippen LogP contribution is -2.35. The number of hydrogen-bond acceptors (Lipinski definition) is 3. The van der Waals surface area contributed by atoms with Crippen LogP contribution in [0.2, 0.25) is 0 Å². The van der Waals surface area contributed by atoms with Crippen molar-refractivity contribution in [1.82, 2.24) is 5.32 Å². The number of para-hydroxylation sites is 3. The Labute approximate surface area is 124 Å². The molecule has 1 aliphatic rings. The van der Waals surface area contributed by atoms with Crippen LogP contribution in [0.15, 0.2) is 54.6 Å². The zero-order valence-corrected chi connectivity index (χ0v) is 11.7. The predicted octanol–water partition coefficient (Wildman–Crippen LogP) is 3.17. The van der Waals surface area contributed by atoms with Crippen LogP contribution < -0.4 is 15.4 Å². The van der Waals surface area contributed by atoms with Crippen molar-refractivity contribution in [3.63, 3.8) is 0 Å². The molecule has 21 heavy (non-hydrogen) atoms. The lowest BCUT2D eigenvalue weighted by atomic mass is 10.2. The molecule has 0 spiro atoms. The van der Waals surface area contributed by atoms with Gasteiger partial charge in [0.15, 0.2) is 5.75 Å². The highest BCUT2D eigenvalue weighted by Crippen LogP contribution is 2.29. The van der Waals surface area contributed by atoms with E-state index in [4.69, 9.17) is 4.74 Å². The molecule has 1 fully saturated rings. The molecule has 2 aromatic carbocycles. The van der Waals surface area contributed by atoms with E-state index in [-0.39, 0.29) is 11.9 Å². The molecule has 4 nitrogen and oxygen atoms in total. The zero-order valence-electron chi connectivity index (χ0n) is 11.7. The fourth-order valence-corrected chi connectivity index (χ4v) is 2.40. The average Bonchev–Trinajstić information content (AvgIpc) is 3.05. The third kappa shape index (κ3) is 3.41. The van der Waals surface area contributed by atoms with Gasteiger partial charge in [0.2, 0.25) is 5.91 Å². The molecule has 1 aliphatic heterocycles. The summed E-state index contributed by atoms with van der Waals surface area (Å²) in [4.78, 5) is 12.2. The van der Waals surface area contributed by atoms with Crippen molar-refractivity contribution in [2.75, 3.05) is 11.9 Å². The predicted molar refractivity (Wildman–Crippen MR) is 82.6 cm³/mol. The van der Waals surface area contributed by atoms with E-state index in [1.165, 1.54) is 0 Å². The van der Waals surface area contributed by atoms with Gasteiger partial charge in [0.25, 0.3) is 0 Å². The Bertz CT molecular complexity index is 607. The molecule has 0 aromatic heterocycles. The second kappa shape index (κ2) is 6.41. The van der Waals surface area contributed by atoms with Gasteiger partial charge in [0, 0.05) is 0 Å². The number of rotatable bonds is 4. The molecule has 4 heteroatoms. The van der Waals surface area contributed by atoms with Crippen LogP contribution in [0.3, 0.4) is 0 Å². The second-order valence-electron chi connectivity index (χ2n) is 5.05. The van der Waals surface area contributed by atoms with Crippen molar-refractivity contribution >= 4 is 11.6 Å². The third-order valence-corrected chi connectivity index (χ3v) is 3.49. The molecular weight excluding hydrogens is 264 g/mol. The van der Waals surface area contributed by atoms with E-state index in [1.54, 1.807) is 0 Å². The van der Waals surface area contributed by atoms with Gasteiger partial charge in [0.05, 0.1) is 11.7 Å². The van der Waals surface area contributed by atoms with Crippen molar-refractivity contribution in [3.05, 3.63) is 54.6 Å². The summed E-state index contributed by atoms with van der Waals surface area (Å²) >= 11 is 0. The van der Waals surface area contributed by atoms with E-state index in [9.17, 15) is 4.79 Å². The molecule has 0 radical (unpaired) electrons. The molecule has 2 N–H and O–H groups in total. The highest BCUT2D eigenvalue weighted by atomic mass is 16.5. The zero-order chi connectivity index (χ0) is 14.5. The second-order valence-corrected chi connectivity index (χ2v) is 5.05. The maximum Gasteiger partial charge on any atom is 0.241 e. The Morgan fingerprint density at radius 1 is 1.10 bits per heavy atom. The van der Waals surface area contributed by atoms with Crippen LogP contribution in [-0.4, -0.2) is 18.5 Å². The average molecular weight is 282 g/mol. The normalized spacial score (nSPS) is 17.4. The first-order valence-electron chi connectivity index (χ1n) is 7.19. The molecule has 1 unspecified atom stereocenters. The first-order valence-corrected chi connectivity index (χ1v) is 7.19. The van der Waals surface area contributed by atoms with Gasteiger partial charge in [0.1, 0.15) is 5.75 Å². The summed E-state index contributed by atoms with van der Waals surface area (Å²) in [6.45, 7) is 0.903. The summed E-state index contributed by atoms with van der Waals surface area (Å²) in [5.41, 5.74) is 0.694. The number of amides is 1. The fraction of sp³-hybridized carbons (Fsp3) is 0.235. The summed E-state index contributed by atoms with van der Waals surface area (Å²) in [6, 6.07) is 16.9. The number of carbonyl (C=O) groups excluding carboxylic acids is 1. The van der Waals surface area contributed by atoms with Gasteiger partial charge in [-0.25, -0.2) is 0 Å². The molecule has 1 heterocycles. The van der Waals surface area contributed by atoms with Gasteiger partial charge in [-0.05, 0) is 43.7 Å². The van der Waals surface area contributed by atoms with Gasteiger partial charge in [-0.15, -0.1) is 0 Å². The SMILES string of the molecule is O=C(Nc1ccccc1Oc1ccccc1)C1CCCN1. The number of carbonyl (C=O) groups is 1. The Morgan fingerprint density at radius 3 is 2.62 bits per heavy atom. The van der Waals surface area contributed by atoms with Crippen LogP contribution in [0.25, 0.3) is 0 Å². The van der Waals surface area contributed by atoms with Crippen LogP contribution in [-0.2, 0) is 4.79 Å². The summed E-state index contributed by atoms with van der Waals surface area (Å²) in [5, 5.41) is 6.14. The summed E-state index contributed by atoms with van der Waals surface area (Å²) in [5.74, 6) is 1.39. The monoisotopic (exact) mass is 282 g/mol. The molecule has 1 amide bonds.